The lowest BCUT2D eigenvalue weighted by Crippen LogP contribution is -2.22. The number of anilines is 1. The standard InChI is InChI=1S/C23H21FN2O6S/c1-15-7-9-16(10-8-15)32-21-6-4-3-5-20(21)26-22(27)14-31-23(28)18-13-17(11-12-19(18)24)33(29,30)25-2/h3-13,25H,14H2,1-2H3,(H,26,27). The summed E-state index contributed by atoms with van der Waals surface area (Å²) in [5.41, 5.74) is 0.797. The molecular weight excluding hydrogens is 451 g/mol. The first-order valence-corrected chi connectivity index (χ1v) is 11.2. The van der Waals surface area contributed by atoms with E-state index in [0.717, 1.165) is 23.8 Å². The molecule has 33 heavy (non-hydrogen) atoms. The molecule has 0 aromatic heterocycles. The maximum atomic E-state index is 14.0. The van der Waals surface area contributed by atoms with Crippen LogP contribution in [0.3, 0.4) is 0 Å². The number of carbonyl (C=O) groups is 2. The van der Waals surface area contributed by atoms with Crippen LogP contribution in [-0.4, -0.2) is 33.9 Å². The second-order valence-electron chi connectivity index (χ2n) is 6.88. The van der Waals surface area contributed by atoms with Crippen LogP contribution >= 0.6 is 0 Å². The van der Waals surface area contributed by atoms with Crippen molar-refractivity contribution in [1.29, 1.82) is 0 Å². The number of esters is 1. The smallest absolute Gasteiger partial charge is 0.341 e. The highest BCUT2D eigenvalue weighted by atomic mass is 32.2. The van der Waals surface area contributed by atoms with E-state index in [-0.39, 0.29) is 4.90 Å². The highest BCUT2D eigenvalue weighted by Gasteiger charge is 2.20. The van der Waals surface area contributed by atoms with Crippen molar-refractivity contribution in [1.82, 2.24) is 4.72 Å². The van der Waals surface area contributed by atoms with Gasteiger partial charge in [-0.2, -0.15) is 0 Å². The Hall–Kier alpha value is -3.76. The molecule has 0 saturated heterocycles. The van der Waals surface area contributed by atoms with Gasteiger partial charge < -0.3 is 14.8 Å². The van der Waals surface area contributed by atoms with Crippen LogP contribution in [0.5, 0.6) is 11.5 Å². The van der Waals surface area contributed by atoms with Gasteiger partial charge in [-0.1, -0.05) is 29.8 Å². The van der Waals surface area contributed by atoms with Gasteiger partial charge in [-0.05, 0) is 56.4 Å². The zero-order chi connectivity index (χ0) is 24.0. The molecule has 0 spiro atoms. The predicted octanol–water partition coefficient (Wildman–Crippen LogP) is 3.63. The quantitative estimate of drug-likeness (QED) is 0.485. The van der Waals surface area contributed by atoms with Crippen molar-refractivity contribution in [3.05, 3.63) is 83.7 Å². The maximum absolute atomic E-state index is 14.0. The number of ether oxygens (including phenoxy) is 2. The summed E-state index contributed by atoms with van der Waals surface area (Å²) in [4.78, 5) is 24.2. The molecule has 0 unspecified atom stereocenters. The van der Waals surface area contributed by atoms with Crippen molar-refractivity contribution >= 4 is 27.6 Å². The third-order valence-electron chi connectivity index (χ3n) is 4.48. The molecule has 2 N–H and O–H groups in total. The van der Waals surface area contributed by atoms with Crippen LogP contribution in [0.15, 0.2) is 71.6 Å². The first-order valence-electron chi connectivity index (χ1n) is 9.73. The second-order valence-corrected chi connectivity index (χ2v) is 8.77. The molecule has 0 fully saturated rings. The molecule has 0 atom stereocenters. The molecule has 8 nitrogen and oxygen atoms in total. The fraction of sp³-hybridized carbons (Fsp3) is 0.130. The molecule has 0 bridgehead atoms. The van der Waals surface area contributed by atoms with Gasteiger partial charge >= 0.3 is 5.97 Å². The van der Waals surface area contributed by atoms with Gasteiger partial charge in [0, 0.05) is 0 Å². The Morgan fingerprint density at radius 2 is 1.70 bits per heavy atom. The van der Waals surface area contributed by atoms with Crippen molar-refractivity contribution in [2.45, 2.75) is 11.8 Å². The molecule has 10 heteroatoms. The first kappa shape index (κ1) is 23.9. The normalized spacial score (nSPS) is 11.0. The van der Waals surface area contributed by atoms with Gasteiger partial charge in [0.1, 0.15) is 11.6 Å². The van der Waals surface area contributed by atoms with E-state index in [2.05, 4.69) is 10.0 Å². The summed E-state index contributed by atoms with van der Waals surface area (Å²) >= 11 is 0. The van der Waals surface area contributed by atoms with Gasteiger partial charge in [0.25, 0.3) is 5.91 Å². The SMILES string of the molecule is CNS(=O)(=O)c1ccc(F)c(C(=O)OCC(=O)Nc2ccccc2Oc2ccc(C)cc2)c1. The average Bonchev–Trinajstić information content (AvgIpc) is 2.80. The zero-order valence-corrected chi connectivity index (χ0v) is 18.6. The van der Waals surface area contributed by atoms with Gasteiger partial charge in [-0.3, -0.25) is 4.79 Å². The number of carbonyl (C=O) groups excluding carboxylic acids is 2. The van der Waals surface area contributed by atoms with Crippen LogP contribution in [0.4, 0.5) is 10.1 Å². The van der Waals surface area contributed by atoms with Crippen LogP contribution in [0, 0.1) is 12.7 Å². The van der Waals surface area contributed by atoms with E-state index in [1.165, 1.54) is 7.05 Å². The minimum atomic E-state index is -3.89. The topological polar surface area (TPSA) is 111 Å². The number of hydrogen-bond donors (Lipinski definition) is 2. The maximum Gasteiger partial charge on any atom is 0.341 e. The largest absolute Gasteiger partial charge is 0.455 e. The lowest BCUT2D eigenvalue weighted by Gasteiger charge is -2.13. The van der Waals surface area contributed by atoms with Crippen molar-refractivity contribution in [3.8, 4) is 11.5 Å². The van der Waals surface area contributed by atoms with Crippen LogP contribution < -0.4 is 14.8 Å². The molecule has 1 amide bonds. The summed E-state index contributed by atoms with van der Waals surface area (Å²) in [6.07, 6.45) is 0. The van der Waals surface area contributed by atoms with E-state index in [9.17, 15) is 22.4 Å². The lowest BCUT2D eigenvalue weighted by atomic mass is 10.2. The Balaban J connectivity index is 1.66. The monoisotopic (exact) mass is 472 g/mol. The summed E-state index contributed by atoms with van der Waals surface area (Å²) in [6.45, 7) is 1.22. The van der Waals surface area contributed by atoms with Crippen LogP contribution in [-0.2, 0) is 19.6 Å². The Kier molecular flexibility index (Phi) is 7.41. The van der Waals surface area contributed by atoms with Gasteiger partial charge in [-0.25, -0.2) is 22.3 Å². The summed E-state index contributed by atoms with van der Waals surface area (Å²) in [6, 6.07) is 16.7. The highest BCUT2D eigenvalue weighted by Crippen LogP contribution is 2.29. The van der Waals surface area contributed by atoms with Crippen molar-refractivity contribution in [3.63, 3.8) is 0 Å². The minimum absolute atomic E-state index is 0.315. The van der Waals surface area contributed by atoms with E-state index < -0.39 is 39.9 Å². The minimum Gasteiger partial charge on any atom is -0.455 e. The first-order chi connectivity index (χ1) is 15.7. The molecule has 0 aliphatic heterocycles. The molecule has 172 valence electrons. The number of rotatable bonds is 8. The van der Waals surface area contributed by atoms with Crippen LogP contribution in [0.25, 0.3) is 0 Å². The number of sulfonamides is 1. The van der Waals surface area contributed by atoms with Gasteiger partial charge in [0.05, 0.1) is 16.1 Å². The third kappa shape index (κ3) is 6.15. The summed E-state index contributed by atoms with van der Waals surface area (Å²) in [5, 5.41) is 2.57. The van der Waals surface area contributed by atoms with Crippen molar-refractivity contribution in [2.75, 3.05) is 19.0 Å². The summed E-state index contributed by atoms with van der Waals surface area (Å²) < 4.78 is 50.5. The molecule has 0 aliphatic carbocycles. The van der Waals surface area contributed by atoms with E-state index in [1.54, 1.807) is 36.4 Å². The van der Waals surface area contributed by atoms with Crippen LogP contribution in [0.2, 0.25) is 0 Å². The lowest BCUT2D eigenvalue weighted by molar-refractivity contribution is -0.119. The Bertz CT molecular complexity index is 1280. The zero-order valence-electron chi connectivity index (χ0n) is 17.8. The van der Waals surface area contributed by atoms with E-state index in [4.69, 9.17) is 9.47 Å². The molecule has 0 radical (unpaired) electrons. The van der Waals surface area contributed by atoms with E-state index in [1.807, 2.05) is 19.1 Å². The molecule has 3 aromatic rings. The van der Waals surface area contributed by atoms with Gasteiger partial charge in [-0.15, -0.1) is 0 Å². The van der Waals surface area contributed by atoms with Crippen molar-refractivity contribution in [2.24, 2.45) is 0 Å². The van der Waals surface area contributed by atoms with Crippen LogP contribution in [0.1, 0.15) is 15.9 Å². The van der Waals surface area contributed by atoms with Gasteiger partial charge in [0.2, 0.25) is 10.0 Å². The predicted molar refractivity (Wildman–Crippen MR) is 119 cm³/mol. The molecular formula is C23H21FN2O6S. The fourth-order valence-corrected chi connectivity index (χ4v) is 3.49. The Morgan fingerprint density at radius 3 is 2.39 bits per heavy atom. The Morgan fingerprint density at radius 1 is 1.00 bits per heavy atom. The number of halogens is 1. The second kappa shape index (κ2) is 10.2. The number of amides is 1. The number of hydrogen-bond acceptors (Lipinski definition) is 6. The molecule has 0 aliphatic rings. The number of aryl methyl sites for hydroxylation is 1. The van der Waals surface area contributed by atoms with E-state index in [0.29, 0.717) is 17.2 Å². The summed E-state index contributed by atoms with van der Waals surface area (Å²) in [5.74, 6) is -1.91. The molecule has 3 aromatic carbocycles. The van der Waals surface area contributed by atoms with Gasteiger partial charge in [0.15, 0.2) is 12.4 Å². The van der Waals surface area contributed by atoms with E-state index >= 15 is 0 Å². The number of benzene rings is 3. The number of para-hydroxylation sites is 2. The molecule has 3 rings (SSSR count). The van der Waals surface area contributed by atoms with Crippen molar-refractivity contribution < 1.29 is 31.9 Å². The fourth-order valence-electron chi connectivity index (χ4n) is 2.73. The Labute approximate surface area is 190 Å². The highest BCUT2D eigenvalue weighted by molar-refractivity contribution is 7.89. The molecule has 0 heterocycles. The third-order valence-corrected chi connectivity index (χ3v) is 5.89. The average molecular weight is 472 g/mol. The molecule has 0 saturated carbocycles. The summed E-state index contributed by atoms with van der Waals surface area (Å²) in [7, 11) is -2.71. The number of nitrogens with one attached hydrogen (secondary N) is 2.